The van der Waals surface area contributed by atoms with Crippen molar-refractivity contribution in [1.29, 1.82) is 0 Å². The van der Waals surface area contributed by atoms with Crippen LogP contribution in [0.3, 0.4) is 0 Å². The number of ether oxygens (including phenoxy) is 4. The minimum Gasteiger partial charge on any atom is -0.424 e. The monoisotopic (exact) mass is 400 g/mol. The molecule has 0 saturated carbocycles. The fraction of sp³-hybridized carbons (Fsp3) is 0.667. The molecular formula is C18H25FN2O5S. The van der Waals surface area contributed by atoms with Gasteiger partial charge in [0.25, 0.3) is 5.79 Å². The number of esters is 1. The lowest BCUT2D eigenvalue weighted by Crippen LogP contribution is -2.51. The zero-order valence-electron chi connectivity index (χ0n) is 16.1. The summed E-state index contributed by atoms with van der Waals surface area (Å²) in [6.45, 7) is 5.05. The molecule has 1 N–H and O–H groups in total. The topological polar surface area (TPSA) is 78.4 Å². The van der Waals surface area contributed by atoms with E-state index in [-0.39, 0.29) is 6.61 Å². The first kappa shape index (κ1) is 20.2. The van der Waals surface area contributed by atoms with Gasteiger partial charge in [0.1, 0.15) is 23.8 Å². The van der Waals surface area contributed by atoms with Crippen LogP contribution in [0, 0.1) is 0 Å². The lowest BCUT2D eigenvalue weighted by atomic mass is 9.89. The molecule has 1 fully saturated rings. The second-order valence-electron chi connectivity index (χ2n) is 6.70. The van der Waals surface area contributed by atoms with Crippen LogP contribution in [0.15, 0.2) is 10.4 Å². The van der Waals surface area contributed by atoms with Crippen molar-refractivity contribution in [2.24, 2.45) is 4.99 Å². The van der Waals surface area contributed by atoms with Crippen molar-refractivity contribution in [3.63, 3.8) is 0 Å². The Morgan fingerprint density at radius 2 is 2.26 bits per heavy atom. The Kier molecular flexibility index (Phi) is 5.58. The molecule has 1 aromatic heterocycles. The minimum atomic E-state index is -2.14. The summed E-state index contributed by atoms with van der Waals surface area (Å²) in [4.78, 5) is 16.9. The van der Waals surface area contributed by atoms with E-state index >= 15 is 4.39 Å². The van der Waals surface area contributed by atoms with Gasteiger partial charge >= 0.3 is 5.97 Å². The standard InChI is InChI=1S/C18H25FN2O5S/c1-6-12-11-8-27-16(14(11)21-9-20-12)18(25-10(2)22)17(3,19)15(24-5)13(26-18)7-23-4/h8,13,15,21H,6-7,9H2,1-5H3. The van der Waals surface area contributed by atoms with E-state index in [1.807, 2.05) is 12.3 Å². The third-order valence-corrected chi connectivity index (χ3v) is 6.03. The molecule has 27 heavy (non-hydrogen) atoms. The quantitative estimate of drug-likeness (QED) is 0.740. The summed E-state index contributed by atoms with van der Waals surface area (Å²) < 4.78 is 38.4. The van der Waals surface area contributed by atoms with Gasteiger partial charge in [0.15, 0.2) is 0 Å². The van der Waals surface area contributed by atoms with Crippen LogP contribution in [-0.2, 0) is 29.5 Å². The Labute approximate surface area is 161 Å². The van der Waals surface area contributed by atoms with Gasteiger partial charge in [-0.2, -0.15) is 0 Å². The van der Waals surface area contributed by atoms with Crippen LogP contribution in [-0.4, -0.2) is 57.1 Å². The van der Waals surface area contributed by atoms with E-state index in [2.05, 4.69) is 10.3 Å². The number of hydrogen-bond donors (Lipinski definition) is 1. The molecule has 4 atom stereocenters. The maximum Gasteiger partial charge on any atom is 0.305 e. The van der Waals surface area contributed by atoms with E-state index in [0.29, 0.717) is 17.2 Å². The predicted molar refractivity (Wildman–Crippen MR) is 100 cm³/mol. The molecule has 9 heteroatoms. The zero-order valence-corrected chi connectivity index (χ0v) is 16.9. The molecular weight excluding hydrogens is 375 g/mol. The van der Waals surface area contributed by atoms with Crippen molar-refractivity contribution in [1.82, 2.24) is 0 Å². The fourth-order valence-corrected chi connectivity index (χ4v) is 5.06. The maximum absolute atomic E-state index is 16.2. The number of rotatable bonds is 6. The van der Waals surface area contributed by atoms with Crippen LogP contribution in [0.25, 0.3) is 0 Å². The summed E-state index contributed by atoms with van der Waals surface area (Å²) >= 11 is 1.28. The third-order valence-electron chi connectivity index (χ3n) is 4.97. The Hall–Kier alpha value is -1.55. The van der Waals surface area contributed by atoms with E-state index < -0.39 is 29.6 Å². The van der Waals surface area contributed by atoms with Crippen LogP contribution in [0.4, 0.5) is 10.1 Å². The van der Waals surface area contributed by atoms with E-state index in [1.165, 1.54) is 39.4 Å². The van der Waals surface area contributed by atoms with Crippen LogP contribution >= 0.6 is 11.3 Å². The van der Waals surface area contributed by atoms with Gasteiger partial charge in [-0.1, -0.05) is 6.92 Å². The molecule has 0 aliphatic carbocycles. The number of anilines is 1. The summed E-state index contributed by atoms with van der Waals surface area (Å²) in [5.41, 5.74) is 0.334. The van der Waals surface area contributed by atoms with E-state index in [0.717, 1.165) is 17.7 Å². The van der Waals surface area contributed by atoms with Crippen LogP contribution < -0.4 is 5.32 Å². The number of thiophene rings is 1. The first-order valence-electron chi connectivity index (χ1n) is 8.79. The van der Waals surface area contributed by atoms with Gasteiger partial charge in [-0.05, 0) is 13.3 Å². The number of nitrogens with zero attached hydrogens (tertiary/aromatic N) is 1. The third kappa shape index (κ3) is 3.06. The SMILES string of the molecule is CCC1=NCNc2c1csc2C1(OC(C)=O)OC(COC)C(OC)C1(C)F. The highest BCUT2D eigenvalue weighted by Crippen LogP contribution is 2.55. The molecule has 4 unspecified atom stereocenters. The Balaban J connectivity index is 2.17. The highest BCUT2D eigenvalue weighted by Gasteiger charge is 2.70. The van der Waals surface area contributed by atoms with E-state index in [4.69, 9.17) is 18.9 Å². The smallest absolute Gasteiger partial charge is 0.305 e. The lowest BCUT2D eigenvalue weighted by molar-refractivity contribution is -0.267. The number of carbonyl (C=O) groups excluding carboxylic acids is 1. The number of fused-ring (bicyclic) bond motifs is 1. The summed E-state index contributed by atoms with van der Waals surface area (Å²) in [6.07, 6.45) is -0.973. The van der Waals surface area contributed by atoms with Gasteiger partial charge < -0.3 is 24.3 Å². The number of alkyl halides is 1. The number of methoxy groups -OCH3 is 2. The van der Waals surface area contributed by atoms with Gasteiger partial charge in [0.05, 0.1) is 12.3 Å². The molecule has 3 heterocycles. The highest BCUT2D eigenvalue weighted by molar-refractivity contribution is 7.11. The van der Waals surface area contributed by atoms with Crippen LogP contribution in [0.2, 0.25) is 0 Å². The molecule has 0 amide bonds. The lowest BCUT2D eigenvalue weighted by Gasteiger charge is -2.37. The van der Waals surface area contributed by atoms with Gasteiger partial charge in [0, 0.05) is 37.8 Å². The predicted octanol–water partition coefficient (Wildman–Crippen LogP) is 2.83. The molecule has 2 aliphatic rings. The molecule has 0 spiro atoms. The molecule has 0 radical (unpaired) electrons. The van der Waals surface area contributed by atoms with Gasteiger partial charge in [-0.15, -0.1) is 11.3 Å². The summed E-state index contributed by atoms with van der Waals surface area (Å²) in [6, 6.07) is 0. The second kappa shape index (κ2) is 7.46. The average Bonchev–Trinajstić information content (AvgIpc) is 3.12. The molecule has 1 saturated heterocycles. The van der Waals surface area contributed by atoms with Gasteiger partial charge in [-0.3, -0.25) is 9.79 Å². The summed E-state index contributed by atoms with van der Waals surface area (Å²) in [7, 11) is 2.90. The largest absolute Gasteiger partial charge is 0.424 e. The highest BCUT2D eigenvalue weighted by atomic mass is 32.1. The van der Waals surface area contributed by atoms with Crippen LogP contribution in [0.5, 0.6) is 0 Å². The Morgan fingerprint density at radius 1 is 1.52 bits per heavy atom. The van der Waals surface area contributed by atoms with Crippen molar-refractivity contribution in [2.45, 2.75) is 50.9 Å². The first-order chi connectivity index (χ1) is 12.8. The molecule has 2 aliphatic heterocycles. The molecule has 7 nitrogen and oxygen atoms in total. The second-order valence-corrected chi connectivity index (χ2v) is 7.58. The molecule has 0 aromatic carbocycles. The Morgan fingerprint density at radius 3 is 2.85 bits per heavy atom. The molecule has 150 valence electrons. The van der Waals surface area contributed by atoms with Gasteiger partial charge in [-0.25, -0.2) is 4.39 Å². The van der Waals surface area contributed by atoms with Crippen molar-refractivity contribution in [3.05, 3.63) is 15.8 Å². The first-order valence-corrected chi connectivity index (χ1v) is 9.67. The van der Waals surface area contributed by atoms with E-state index in [9.17, 15) is 4.79 Å². The van der Waals surface area contributed by atoms with Crippen molar-refractivity contribution < 1.29 is 28.1 Å². The minimum absolute atomic E-state index is 0.101. The molecule has 3 rings (SSSR count). The summed E-state index contributed by atoms with van der Waals surface area (Å²) in [5.74, 6) is -2.58. The number of hydrogen-bond acceptors (Lipinski definition) is 8. The fourth-order valence-electron chi connectivity index (χ4n) is 3.82. The zero-order chi connectivity index (χ0) is 19.8. The maximum atomic E-state index is 16.2. The van der Waals surface area contributed by atoms with Crippen molar-refractivity contribution in [3.8, 4) is 0 Å². The van der Waals surface area contributed by atoms with Crippen LogP contribution in [0.1, 0.15) is 37.6 Å². The normalized spacial score (nSPS) is 32.6. The molecule has 0 bridgehead atoms. The molecule has 1 aromatic rings. The number of aliphatic imine (C=N–C) groups is 1. The summed E-state index contributed by atoms with van der Waals surface area (Å²) in [5, 5.41) is 5.07. The number of nitrogens with one attached hydrogen (secondary N) is 1. The van der Waals surface area contributed by atoms with E-state index in [1.54, 1.807) is 0 Å². The van der Waals surface area contributed by atoms with Crippen molar-refractivity contribution in [2.75, 3.05) is 32.8 Å². The van der Waals surface area contributed by atoms with Crippen molar-refractivity contribution >= 4 is 28.7 Å². The average molecular weight is 400 g/mol. The number of carbonyl (C=O) groups is 1. The van der Waals surface area contributed by atoms with Gasteiger partial charge in [0.2, 0.25) is 5.67 Å². The number of halogens is 1. The Bertz CT molecular complexity index is 750.